The van der Waals surface area contributed by atoms with Gasteiger partial charge in [-0.2, -0.15) is 11.8 Å². The van der Waals surface area contributed by atoms with Crippen molar-refractivity contribution in [2.45, 2.75) is 40.2 Å². The van der Waals surface area contributed by atoms with Crippen molar-refractivity contribution < 1.29 is 23.9 Å². The number of nitrogens with zero attached hydrogens (tertiary/aromatic N) is 1. The third kappa shape index (κ3) is 8.52. The van der Waals surface area contributed by atoms with Gasteiger partial charge in [0.2, 0.25) is 5.91 Å². The van der Waals surface area contributed by atoms with Crippen molar-refractivity contribution in [3.05, 3.63) is 10.6 Å². The predicted octanol–water partition coefficient (Wildman–Crippen LogP) is 2.82. The van der Waals surface area contributed by atoms with Gasteiger partial charge in [-0.1, -0.05) is 11.3 Å². The third-order valence-electron chi connectivity index (χ3n) is 2.65. The number of rotatable bonds is 8. The number of hydrogen-bond acceptors (Lipinski definition) is 8. The molecule has 0 aliphatic carbocycles. The van der Waals surface area contributed by atoms with Gasteiger partial charge in [0.25, 0.3) is 0 Å². The van der Waals surface area contributed by atoms with Crippen molar-refractivity contribution in [1.29, 1.82) is 0 Å². The van der Waals surface area contributed by atoms with E-state index >= 15 is 0 Å². The molecule has 146 valence electrons. The zero-order valence-electron chi connectivity index (χ0n) is 15.6. The summed E-state index contributed by atoms with van der Waals surface area (Å²) < 4.78 is 10.0. The van der Waals surface area contributed by atoms with Gasteiger partial charge in [0, 0.05) is 12.3 Å². The van der Waals surface area contributed by atoms with Crippen molar-refractivity contribution in [1.82, 2.24) is 10.3 Å². The summed E-state index contributed by atoms with van der Waals surface area (Å²) in [5.74, 6) is 0.114. The van der Waals surface area contributed by atoms with Gasteiger partial charge in [-0.3, -0.25) is 4.79 Å². The minimum absolute atomic E-state index is 0.212. The number of aryl methyl sites for hydroxylation is 1. The van der Waals surface area contributed by atoms with Crippen molar-refractivity contribution in [2.24, 2.45) is 0 Å². The van der Waals surface area contributed by atoms with Crippen LogP contribution in [0, 0.1) is 6.92 Å². The van der Waals surface area contributed by atoms with Crippen LogP contribution in [0.5, 0.6) is 0 Å². The quantitative estimate of drug-likeness (QED) is 0.508. The van der Waals surface area contributed by atoms with Crippen molar-refractivity contribution in [2.75, 3.05) is 30.0 Å². The first-order valence-electron chi connectivity index (χ1n) is 8.11. The topological polar surface area (TPSA) is 107 Å². The van der Waals surface area contributed by atoms with Crippen LogP contribution in [0.3, 0.4) is 0 Å². The van der Waals surface area contributed by atoms with Gasteiger partial charge in [-0.25, -0.2) is 14.6 Å². The Bertz CT molecular complexity index is 640. The highest BCUT2D eigenvalue weighted by molar-refractivity contribution is 7.99. The molecule has 0 fully saturated rings. The highest BCUT2D eigenvalue weighted by Crippen LogP contribution is 2.23. The molecule has 0 aliphatic heterocycles. The van der Waals surface area contributed by atoms with Gasteiger partial charge in [0.05, 0.1) is 18.1 Å². The molecule has 0 atom stereocenters. The fourth-order valence-corrected chi connectivity index (χ4v) is 3.22. The number of nitrogens with one attached hydrogen (secondary N) is 2. The van der Waals surface area contributed by atoms with E-state index in [1.54, 1.807) is 34.6 Å². The van der Waals surface area contributed by atoms with Gasteiger partial charge >= 0.3 is 12.1 Å². The van der Waals surface area contributed by atoms with Crippen LogP contribution in [0.4, 0.5) is 9.93 Å². The lowest BCUT2D eigenvalue weighted by molar-refractivity contribution is -0.113. The Kier molecular flexibility index (Phi) is 8.86. The highest BCUT2D eigenvalue weighted by atomic mass is 32.2. The molecule has 1 aromatic heterocycles. The lowest BCUT2D eigenvalue weighted by atomic mass is 10.2. The molecular weight excluding hydrogens is 378 g/mol. The number of carbonyl (C=O) groups excluding carboxylic acids is 3. The average molecular weight is 404 g/mol. The predicted molar refractivity (Wildman–Crippen MR) is 103 cm³/mol. The molecule has 0 aliphatic rings. The van der Waals surface area contributed by atoms with Crippen molar-refractivity contribution in [3.8, 4) is 0 Å². The number of carbonyl (C=O) groups is 3. The highest BCUT2D eigenvalue weighted by Gasteiger charge is 2.18. The van der Waals surface area contributed by atoms with Crippen LogP contribution in [0.1, 0.15) is 43.1 Å². The number of amides is 2. The molecule has 0 saturated heterocycles. The van der Waals surface area contributed by atoms with Gasteiger partial charge < -0.3 is 20.1 Å². The summed E-state index contributed by atoms with van der Waals surface area (Å²) in [7, 11) is 0. The maximum atomic E-state index is 11.9. The Morgan fingerprint density at radius 1 is 1.27 bits per heavy atom. The number of thioether (sulfide) groups is 1. The first-order valence-corrected chi connectivity index (χ1v) is 10.1. The van der Waals surface area contributed by atoms with E-state index in [2.05, 4.69) is 15.6 Å². The minimum atomic E-state index is -0.536. The normalized spacial score (nSPS) is 11.0. The molecule has 2 amide bonds. The average Bonchev–Trinajstić information content (AvgIpc) is 2.85. The number of anilines is 1. The Hall–Kier alpha value is -1.81. The van der Waals surface area contributed by atoms with Gasteiger partial charge in [-0.15, -0.1) is 0 Å². The van der Waals surface area contributed by atoms with Gasteiger partial charge in [-0.05, 0) is 34.6 Å². The number of aromatic nitrogens is 1. The lowest BCUT2D eigenvalue weighted by Crippen LogP contribution is -2.33. The summed E-state index contributed by atoms with van der Waals surface area (Å²) >= 11 is 2.46. The summed E-state index contributed by atoms with van der Waals surface area (Å²) in [5, 5.41) is 5.65. The molecule has 2 N–H and O–H groups in total. The molecule has 0 saturated carbocycles. The molecule has 26 heavy (non-hydrogen) atoms. The SMILES string of the molecule is CCOC(=O)c1sc(NC(=O)CSCCNC(=O)OC(C)(C)C)nc1C. The number of alkyl carbamates (subject to hydrolysis) is 1. The van der Waals surface area contributed by atoms with Crippen LogP contribution in [0.25, 0.3) is 0 Å². The second kappa shape index (κ2) is 10.4. The third-order valence-corrected chi connectivity index (χ3v) is 4.66. The Morgan fingerprint density at radius 3 is 2.58 bits per heavy atom. The van der Waals surface area contributed by atoms with Crippen molar-refractivity contribution in [3.63, 3.8) is 0 Å². The summed E-state index contributed by atoms with van der Waals surface area (Å²) in [5.41, 5.74) is -0.0105. The smallest absolute Gasteiger partial charge is 0.407 e. The fraction of sp³-hybridized carbons (Fsp3) is 0.625. The summed E-state index contributed by atoms with van der Waals surface area (Å²) in [6, 6.07) is 0. The van der Waals surface area contributed by atoms with E-state index in [0.29, 0.717) is 28.0 Å². The Morgan fingerprint density at radius 2 is 1.96 bits per heavy atom. The maximum absolute atomic E-state index is 11.9. The molecule has 0 aromatic carbocycles. The number of ether oxygens (including phenoxy) is 2. The molecular formula is C16H25N3O5S2. The zero-order valence-corrected chi connectivity index (χ0v) is 17.3. The van der Waals surface area contributed by atoms with Gasteiger partial charge in [0.1, 0.15) is 10.5 Å². The molecule has 8 nitrogen and oxygen atoms in total. The second-order valence-corrected chi connectivity index (χ2v) is 8.29. The van der Waals surface area contributed by atoms with E-state index < -0.39 is 17.7 Å². The molecule has 1 heterocycles. The maximum Gasteiger partial charge on any atom is 0.407 e. The van der Waals surface area contributed by atoms with Crippen molar-refractivity contribution >= 4 is 46.2 Å². The van der Waals surface area contributed by atoms with E-state index in [4.69, 9.17) is 9.47 Å². The molecule has 0 unspecified atom stereocenters. The summed E-state index contributed by atoms with van der Waals surface area (Å²) in [4.78, 5) is 39.7. The van der Waals surface area contributed by atoms with Crippen LogP contribution in [0.2, 0.25) is 0 Å². The zero-order chi connectivity index (χ0) is 19.7. The molecule has 10 heteroatoms. The van der Waals surface area contributed by atoms with E-state index in [-0.39, 0.29) is 18.3 Å². The van der Waals surface area contributed by atoms with Crippen LogP contribution in [0.15, 0.2) is 0 Å². The number of esters is 1. The Labute approximate surface area is 161 Å². The standard InChI is InChI=1S/C16H25N3O5S2/c1-6-23-13(21)12-10(2)18-14(26-12)19-11(20)9-25-8-7-17-15(22)24-16(3,4)5/h6-9H2,1-5H3,(H,17,22)(H,18,19,20). The Balaban J connectivity index is 2.30. The van der Waals surface area contributed by atoms with Crippen LogP contribution in [-0.2, 0) is 14.3 Å². The molecule has 1 aromatic rings. The molecule has 0 radical (unpaired) electrons. The van der Waals surface area contributed by atoms with E-state index in [9.17, 15) is 14.4 Å². The number of hydrogen-bond donors (Lipinski definition) is 2. The monoisotopic (exact) mass is 403 g/mol. The van der Waals surface area contributed by atoms with Crippen LogP contribution >= 0.6 is 23.1 Å². The molecule has 0 bridgehead atoms. The summed E-state index contributed by atoms with van der Waals surface area (Å²) in [6.45, 7) is 9.47. The summed E-state index contributed by atoms with van der Waals surface area (Å²) in [6.07, 6.45) is -0.479. The van der Waals surface area contributed by atoms with E-state index in [0.717, 1.165) is 11.3 Å². The molecule has 1 rings (SSSR count). The lowest BCUT2D eigenvalue weighted by Gasteiger charge is -2.19. The fourth-order valence-electron chi connectivity index (χ4n) is 1.70. The first kappa shape index (κ1) is 22.2. The van der Waals surface area contributed by atoms with Crippen LogP contribution < -0.4 is 10.6 Å². The second-order valence-electron chi connectivity index (χ2n) is 6.18. The first-order chi connectivity index (χ1) is 12.1. The van der Waals surface area contributed by atoms with Crippen LogP contribution in [-0.4, -0.2) is 53.2 Å². The largest absolute Gasteiger partial charge is 0.462 e. The molecule has 0 spiro atoms. The minimum Gasteiger partial charge on any atom is -0.462 e. The van der Waals surface area contributed by atoms with E-state index in [1.165, 1.54) is 11.8 Å². The van der Waals surface area contributed by atoms with E-state index in [1.807, 2.05) is 0 Å². The van der Waals surface area contributed by atoms with Gasteiger partial charge in [0.15, 0.2) is 5.13 Å². The number of thiazole rings is 1.